The van der Waals surface area contributed by atoms with E-state index in [0.717, 1.165) is 38.9 Å². The van der Waals surface area contributed by atoms with E-state index in [1.54, 1.807) is 6.07 Å². The summed E-state index contributed by atoms with van der Waals surface area (Å²) < 4.78 is 23.0. The lowest BCUT2D eigenvalue weighted by Gasteiger charge is -2.43. The Morgan fingerprint density at radius 3 is 2.45 bits per heavy atom. The maximum absolute atomic E-state index is 12.9. The van der Waals surface area contributed by atoms with Gasteiger partial charge in [0, 0.05) is 18.5 Å². The Kier molecular flexibility index (Phi) is 9.66. The summed E-state index contributed by atoms with van der Waals surface area (Å²) in [6.45, 7) is 5.67. The molecule has 5 rings (SSSR count). The van der Waals surface area contributed by atoms with Crippen LogP contribution in [0.4, 0.5) is 5.69 Å². The Morgan fingerprint density at radius 1 is 1.12 bits per heavy atom. The van der Waals surface area contributed by atoms with Gasteiger partial charge in [0.15, 0.2) is 11.5 Å². The van der Waals surface area contributed by atoms with E-state index in [0.29, 0.717) is 65.9 Å². The molecule has 3 aliphatic heterocycles. The molecule has 14 nitrogen and oxygen atoms in total. The molecule has 2 saturated heterocycles. The Morgan fingerprint density at radius 2 is 1.80 bits per heavy atom. The molecule has 0 amide bonds. The summed E-state index contributed by atoms with van der Waals surface area (Å²) in [7, 11) is 0. The number of carboxylic acids is 2. The monoisotopic (exact) mass is 581 g/mol. The van der Waals surface area contributed by atoms with Crippen molar-refractivity contribution < 1.29 is 43.2 Å². The van der Waals surface area contributed by atoms with Crippen molar-refractivity contribution in [2.75, 3.05) is 45.2 Å². The number of esters is 1. The van der Waals surface area contributed by atoms with Crippen LogP contribution in [-0.2, 0) is 19.1 Å². The molecule has 1 aromatic heterocycles. The molecule has 218 valence electrons. The standard InChI is InChI=1S/C23H30ClN5O5.C2H2O4/c1-2-31-23(30)17-11-13(5-8-29(17)14-3-6-26-7-4-14)21-27-28-22(34-21)15-12-16(24)18(25)20-19(15)32-9-10-33-20;3-1(4)2(5)6/h12-14,17,26H,2-11,25H2,1H3;(H,3,4)(H,5,6). The summed E-state index contributed by atoms with van der Waals surface area (Å²) in [6.07, 6.45) is 3.44. The Bertz CT molecular complexity index is 1220. The predicted molar refractivity (Wildman–Crippen MR) is 140 cm³/mol. The minimum absolute atomic E-state index is 0.0501. The normalized spacial score (nSPS) is 21.1. The Hall–Kier alpha value is -3.62. The molecule has 0 spiro atoms. The zero-order valence-electron chi connectivity index (χ0n) is 21.9. The lowest BCUT2D eigenvalue weighted by Crippen LogP contribution is -2.54. The first-order valence-corrected chi connectivity index (χ1v) is 13.4. The third-order valence-electron chi connectivity index (χ3n) is 6.98. The molecule has 4 heterocycles. The molecule has 0 saturated carbocycles. The minimum atomic E-state index is -1.82. The molecule has 2 fully saturated rings. The molecule has 2 aromatic rings. The van der Waals surface area contributed by atoms with Crippen molar-refractivity contribution in [2.24, 2.45) is 0 Å². The predicted octanol–water partition coefficient (Wildman–Crippen LogP) is 1.76. The fourth-order valence-corrected chi connectivity index (χ4v) is 5.31. The number of ether oxygens (including phenoxy) is 3. The average Bonchev–Trinajstić information content (AvgIpc) is 3.46. The van der Waals surface area contributed by atoms with Crippen LogP contribution in [0.3, 0.4) is 0 Å². The number of aliphatic carboxylic acids is 2. The second-order valence-corrected chi connectivity index (χ2v) is 9.85. The number of carbonyl (C=O) groups excluding carboxylic acids is 1. The van der Waals surface area contributed by atoms with Crippen molar-refractivity contribution in [3.05, 3.63) is 17.0 Å². The van der Waals surface area contributed by atoms with Crippen molar-refractivity contribution in [3.8, 4) is 23.0 Å². The van der Waals surface area contributed by atoms with Gasteiger partial charge in [-0.05, 0) is 51.8 Å². The zero-order valence-corrected chi connectivity index (χ0v) is 22.7. The van der Waals surface area contributed by atoms with Gasteiger partial charge in [0.05, 0.1) is 22.9 Å². The van der Waals surface area contributed by atoms with Gasteiger partial charge in [0.25, 0.3) is 5.89 Å². The molecule has 2 unspecified atom stereocenters. The van der Waals surface area contributed by atoms with Crippen molar-refractivity contribution >= 4 is 35.2 Å². The fourth-order valence-electron chi connectivity index (χ4n) is 5.12. The van der Waals surface area contributed by atoms with E-state index in [2.05, 4.69) is 20.4 Å². The number of nitrogens with one attached hydrogen (secondary N) is 1. The topological polar surface area (TPSA) is 200 Å². The number of hydrogen-bond acceptors (Lipinski definition) is 12. The van der Waals surface area contributed by atoms with E-state index in [-0.39, 0.29) is 23.8 Å². The van der Waals surface area contributed by atoms with Crippen molar-refractivity contribution in [1.29, 1.82) is 0 Å². The van der Waals surface area contributed by atoms with Crippen LogP contribution in [0.25, 0.3) is 11.5 Å². The summed E-state index contributed by atoms with van der Waals surface area (Å²) in [5.74, 6) is -2.26. The molecular formula is C25H32ClN5O9. The van der Waals surface area contributed by atoms with Crippen LogP contribution in [0, 0.1) is 0 Å². The van der Waals surface area contributed by atoms with Crippen LogP contribution in [0.2, 0.25) is 5.02 Å². The number of benzene rings is 1. The maximum Gasteiger partial charge on any atom is 0.414 e. The van der Waals surface area contributed by atoms with E-state index in [4.69, 9.17) is 55.8 Å². The van der Waals surface area contributed by atoms with Crippen molar-refractivity contribution in [2.45, 2.75) is 50.6 Å². The largest absolute Gasteiger partial charge is 0.485 e. The maximum atomic E-state index is 12.9. The van der Waals surface area contributed by atoms with Gasteiger partial charge < -0.3 is 39.9 Å². The Balaban J connectivity index is 0.000000557. The van der Waals surface area contributed by atoms with Gasteiger partial charge >= 0.3 is 17.9 Å². The van der Waals surface area contributed by atoms with Gasteiger partial charge in [0.2, 0.25) is 5.89 Å². The van der Waals surface area contributed by atoms with E-state index < -0.39 is 11.9 Å². The summed E-state index contributed by atoms with van der Waals surface area (Å²) in [4.78, 5) is 33.4. The van der Waals surface area contributed by atoms with Gasteiger partial charge in [-0.3, -0.25) is 9.69 Å². The Labute approximate surface area is 234 Å². The third-order valence-corrected chi connectivity index (χ3v) is 7.30. The van der Waals surface area contributed by atoms with E-state index in [1.807, 2.05) is 6.92 Å². The second-order valence-electron chi connectivity index (χ2n) is 9.44. The van der Waals surface area contributed by atoms with Crippen molar-refractivity contribution in [3.63, 3.8) is 0 Å². The van der Waals surface area contributed by atoms with Gasteiger partial charge in [-0.2, -0.15) is 0 Å². The summed E-state index contributed by atoms with van der Waals surface area (Å²) in [5, 5.41) is 27.1. The first-order valence-electron chi connectivity index (χ1n) is 13.0. The number of anilines is 1. The minimum Gasteiger partial charge on any atom is -0.485 e. The highest BCUT2D eigenvalue weighted by Crippen LogP contribution is 2.47. The number of nitrogens with two attached hydrogens (primary N) is 1. The lowest BCUT2D eigenvalue weighted by atomic mass is 9.88. The lowest BCUT2D eigenvalue weighted by molar-refractivity contribution is -0.159. The molecule has 3 aliphatic rings. The first kappa shape index (κ1) is 29.4. The first-order chi connectivity index (χ1) is 19.2. The number of halogens is 1. The number of piperidine rings is 2. The molecule has 0 aliphatic carbocycles. The number of fused-ring (bicyclic) bond motifs is 1. The van der Waals surface area contributed by atoms with E-state index in [9.17, 15) is 4.79 Å². The highest BCUT2D eigenvalue weighted by molar-refractivity contribution is 6.34. The number of rotatable bonds is 5. The SMILES string of the molecule is CCOC(=O)C1CC(c2nnc(-c3cc(Cl)c(N)c4c3OCCO4)o2)CCN1C1CCNCC1.O=C(O)C(=O)O. The van der Waals surface area contributed by atoms with Gasteiger partial charge in [-0.1, -0.05) is 11.6 Å². The van der Waals surface area contributed by atoms with Crippen LogP contribution in [0.1, 0.15) is 44.4 Å². The van der Waals surface area contributed by atoms with E-state index in [1.165, 1.54) is 0 Å². The summed E-state index contributed by atoms with van der Waals surface area (Å²) in [6, 6.07) is 1.70. The summed E-state index contributed by atoms with van der Waals surface area (Å²) >= 11 is 6.32. The molecule has 15 heteroatoms. The molecule has 0 radical (unpaired) electrons. The molecule has 40 heavy (non-hydrogen) atoms. The number of nitrogen functional groups attached to an aromatic ring is 1. The summed E-state index contributed by atoms with van der Waals surface area (Å²) in [5.41, 5.74) is 6.92. The molecule has 0 bridgehead atoms. The van der Waals surface area contributed by atoms with Crippen LogP contribution in [0.15, 0.2) is 10.5 Å². The highest BCUT2D eigenvalue weighted by atomic mass is 35.5. The highest BCUT2D eigenvalue weighted by Gasteiger charge is 2.40. The smallest absolute Gasteiger partial charge is 0.414 e. The van der Waals surface area contributed by atoms with Gasteiger partial charge in [-0.25, -0.2) is 9.59 Å². The molecule has 2 atom stereocenters. The zero-order chi connectivity index (χ0) is 28.8. The average molecular weight is 582 g/mol. The van der Waals surface area contributed by atoms with Crippen LogP contribution in [-0.4, -0.2) is 94.8 Å². The van der Waals surface area contributed by atoms with Gasteiger partial charge in [-0.15, -0.1) is 10.2 Å². The number of hydrogen-bond donors (Lipinski definition) is 4. The number of carbonyl (C=O) groups is 3. The van der Waals surface area contributed by atoms with Crippen LogP contribution in [0.5, 0.6) is 11.5 Å². The number of nitrogens with zero attached hydrogens (tertiary/aromatic N) is 3. The molecule has 5 N–H and O–H groups in total. The van der Waals surface area contributed by atoms with Crippen molar-refractivity contribution in [1.82, 2.24) is 20.4 Å². The molecule has 1 aromatic carbocycles. The molecular weight excluding hydrogens is 550 g/mol. The second kappa shape index (κ2) is 13.2. The van der Waals surface area contributed by atoms with Gasteiger partial charge in [0.1, 0.15) is 19.3 Å². The third kappa shape index (κ3) is 6.57. The number of aromatic nitrogens is 2. The quantitative estimate of drug-likeness (QED) is 0.226. The van der Waals surface area contributed by atoms with E-state index >= 15 is 0 Å². The van der Waals surface area contributed by atoms with Crippen LogP contribution < -0.4 is 20.5 Å². The van der Waals surface area contributed by atoms with Crippen LogP contribution >= 0.6 is 11.6 Å². The fraction of sp³-hybridized carbons (Fsp3) is 0.560. The number of likely N-dealkylation sites (tertiary alicyclic amines) is 1. The number of carboxylic acid groups (broad SMARTS) is 2.